The van der Waals surface area contributed by atoms with Gasteiger partial charge in [-0.3, -0.25) is 9.36 Å². The smallest absolute Gasteiger partial charge is 0.230 e. The molecular weight excluding hydrogens is 364 g/mol. The van der Waals surface area contributed by atoms with Crippen molar-refractivity contribution in [2.24, 2.45) is 0 Å². The predicted molar refractivity (Wildman–Crippen MR) is 103 cm³/mol. The Hall–Kier alpha value is -3.00. The fraction of sp³-hybridized carbons (Fsp3) is 0.211. The van der Waals surface area contributed by atoms with E-state index in [9.17, 15) is 4.79 Å². The summed E-state index contributed by atoms with van der Waals surface area (Å²) in [5.74, 6) is 2.28. The second kappa shape index (κ2) is 9.09. The summed E-state index contributed by atoms with van der Waals surface area (Å²) >= 11 is 1.33. The third-order valence-electron chi connectivity index (χ3n) is 3.73. The zero-order valence-corrected chi connectivity index (χ0v) is 15.7. The van der Waals surface area contributed by atoms with Crippen LogP contribution < -0.4 is 10.1 Å². The molecular formula is C19H20N4O3S. The van der Waals surface area contributed by atoms with Gasteiger partial charge < -0.3 is 14.5 Å². The Morgan fingerprint density at radius 2 is 2.26 bits per heavy atom. The Morgan fingerprint density at radius 1 is 1.37 bits per heavy atom. The second-order valence-corrected chi connectivity index (χ2v) is 6.52. The van der Waals surface area contributed by atoms with E-state index in [2.05, 4.69) is 22.1 Å². The number of amides is 1. The lowest BCUT2D eigenvalue weighted by molar-refractivity contribution is -0.118. The minimum atomic E-state index is -0.104. The van der Waals surface area contributed by atoms with Crippen molar-refractivity contribution in [3.05, 3.63) is 61.1 Å². The molecule has 1 amide bonds. The van der Waals surface area contributed by atoms with Crippen LogP contribution in [0.3, 0.4) is 0 Å². The fourth-order valence-electron chi connectivity index (χ4n) is 2.44. The molecule has 3 rings (SSSR count). The first-order valence-electron chi connectivity index (χ1n) is 8.31. The van der Waals surface area contributed by atoms with Gasteiger partial charge in [0.15, 0.2) is 11.0 Å². The summed E-state index contributed by atoms with van der Waals surface area (Å²) in [5.41, 5.74) is 0.887. The topological polar surface area (TPSA) is 82.2 Å². The number of allylic oxidation sites excluding steroid dienone is 1. The first-order chi connectivity index (χ1) is 13.2. The monoisotopic (exact) mass is 384 g/mol. The largest absolute Gasteiger partial charge is 0.497 e. The molecule has 1 aromatic carbocycles. The van der Waals surface area contributed by atoms with E-state index in [0.717, 1.165) is 11.3 Å². The first kappa shape index (κ1) is 18.8. The number of ether oxygens (including phenoxy) is 1. The molecule has 3 aromatic rings. The molecule has 1 N–H and O–H groups in total. The Balaban J connectivity index is 1.69. The van der Waals surface area contributed by atoms with Gasteiger partial charge in [-0.05, 0) is 24.3 Å². The Kier molecular flexibility index (Phi) is 6.32. The maximum Gasteiger partial charge on any atom is 0.230 e. The van der Waals surface area contributed by atoms with Crippen LogP contribution in [0.1, 0.15) is 5.76 Å². The van der Waals surface area contributed by atoms with Crippen molar-refractivity contribution in [3.8, 4) is 17.1 Å². The van der Waals surface area contributed by atoms with E-state index >= 15 is 0 Å². The van der Waals surface area contributed by atoms with Crippen LogP contribution >= 0.6 is 11.8 Å². The molecule has 0 spiro atoms. The van der Waals surface area contributed by atoms with Crippen LogP contribution in [0.25, 0.3) is 11.4 Å². The molecule has 0 saturated heterocycles. The van der Waals surface area contributed by atoms with Crippen LogP contribution in [0.2, 0.25) is 0 Å². The van der Waals surface area contributed by atoms with Gasteiger partial charge in [0.05, 0.1) is 25.7 Å². The minimum absolute atomic E-state index is 0.104. The number of hydrogen-bond donors (Lipinski definition) is 1. The Morgan fingerprint density at radius 3 is 3.00 bits per heavy atom. The highest BCUT2D eigenvalue weighted by atomic mass is 32.2. The van der Waals surface area contributed by atoms with E-state index < -0.39 is 0 Å². The molecule has 8 heteroatoms. The number of methoxy groups -OCH3 is 1. The lowest BCUT2D eigenvalue weighted by Gasteiger charge is -2.09. The summed E-state index contributed by atoms with van der Waals surface area (Å²) < 4.78 is 12.4. The maximum absolute atomic E-state index is 12.1. The van der Waals surface area contributed by atoms with Gasteiger partial charge >= 0.3 is 0 Å². The van der Waals surface area contributed by atoms with Crippen LogP contribution in [0.5, 0.6) is 5.75 Å². The molecule has 140 valence electrons. The van der Waals surface area contributed by atoms with E-state index in [1.807, 2.05) is 34.9 Å². The van der Waals surface area contributed by atoms with Crippen LogP contribution in [0.4, 0.5) is 0 Å². The molecule has 2 heterocycles. The number of hydrogen-bond acceptors (Lipinski definition) is 6. The number of thioether (sulfide) groups is 1. The third-order valence-corrected chi connectivity index (χ3v) is 4.70. The van der Waals surface area contributed by atoms with Gasteiger partial charge in [0.1, 0.15) is 11.5 Å². The van der Waals surface area contributed by atoms with Gasteiger partial charge in [-0.25, -0.2) is 0 Å². The predicted octanol–water partition coefficient (Wildman–Crippen LogP) is 3.14. The highest BCUT2D eigenvalue weighted by Crippen LogP contribution is 2.26. The van der Waals surface area contributed by atoms with Gasteiger partial charge in [-0.1, -0.05) is 30.0 Å². The summed E-state index contributed by atoms with van der Waals surface area (Å²) in [6.45, 7) is 4.70. The lowest BCUT2D eigenvalue weighted by atomic mass is 10.2. The van der Waals surface area contributed by atoms with Crippen molar-refractivity contribution >= 4 is 17.7 Å². The molecule has 0 aliphatic carbocycles. The van der Waals surface area contributed by atoms with Gasteiger partial charge in [-0.2, -0.15) is 0 Å². The Bertz CT molecular complexity index is 906. The summed E-state index contributed by atoms with van der Waals surface area (Å²) in [6.07, 6.45) is 3.35. The zero-order valence-electron chi connectivity index (χ0n) is 14.9. The average Bonchev–Trinajstić information content (AvgIpc) is 3.35. The van der Waals surface area contributed by atoms with Crippen LogP contribution in [-0.2, 0) is 17.9 Å². The molecule has 0 radical (unpaired) electrons. The average molecular weight is 384 g/mol. The standard InChI is InChI=1S/C19H20N4O3S/c1-3-9-23-18(14-6-4-7-15(11-14)25-2)21-22-19(23)27-13-17(24)20-12-16-8-5-10-26-16/h3-8,10-11H,1,9,12-13H2,2H3,(H,20,24). The van der Waals surface area contributed by atoms with Crippen molar-refractivity contribution in [1.29, 1.82) is 0 Å². The van der Waals surface area contributed by atoms with Crippen molar-refractivity contribution in [2.75, 3.05) is 12.9 Å². The quantitative estimate of drug-likeness (QED) is 0.451. The molecule has 0 bridgehead atoms. The van der Waals surface area contributed by atoms with Gasteiger partial charge in [0.2, 0.25) is 5.91 Å². The van der Waals surface area contributed by atoms with Crippen molar-refractivity contribution < 1.29 is 13.9 Å². The number of benzene rings is 1. The normalized spacial score (nSPS) is 10.6. The molecule has 0 unspecified atom stereocenters. The number of aromatic nitrogens is 3. The highest BCUT2D eigenvalue weighted by Gasteiger charge is 2.15. The molecule has 0 aliphatic rings. The molecule has 2 aromatic heterocycles. The third kappa shape index (κ3) is 4.79. The van der Waals surface area contributed by atoms with Crippen molar-refractivity contribution in [1.82, 2.24) is 20.1 Å². The van der Waals surface area contributed by atoms with Gasteiger partial charge in [0.25, 0.3) is 0 Å². The molecule has 0 fully saturated rings. The number of furan rings is 1. The molecule has 0 atom stereocenters. The maximum atomic E-state index is 12.1. The SMILES string of the molecule is C=CCn1c(SCC(=O)NCc2ccco2)nnc1-c1cccc(OC)c1. The molecule has 0 aliphatic heterocycles. The second-order valence-electron chi connectivity index (χ2n) is 5.58. The molecule has 0 saturated carbocycles. The van der Waals surface area contributed by atoms with E-state index in [0.29, 0.717) is 29.8 Å². The summed E-state index contributed by atoms with van der Waals surface area (Å²) in [5, 5.41) is 12.0. The van der Waals surface area contributed by atoms with E-state index in [1.54, 1.807) is 25.5 Å². The zero-order chi connectivity index (χ0) is 19.1. The van der Waals surface area contributed by atoms with Gasteiger partial charge in [-0.15, -0.1) is 16.8 Å². The number of carbonyl (C=O) groups is 1. The number of nitrogens with zero attached hydrogens (tertiary/aromatic N) is 3. The minimum Gasteiger partial charge on any atom is -0.497 e. The number of rotatable bonds is 9. The van der Waals surface area contributed by atoms with E-state index in [-0.39, 0.29) is 11.7 Å². The van der Waals surface area contributed by atoms with Crippen molar-refractivity contribution in [3.63, 3.8) is 0 Å². The van der Waals surface area contributed by atoms with Crippen LogP contribution in [0, 0.1) is 0 Å². The van der Waals surface area contributed by atoms with Gasteiger partial charge in [0, 0.05) is 12.1 Å². The highest BCUT2D eigenvalue weighted by molar-refractivity contribution is 7.99. The van der Waals surface area contributed by atoms with Crippen molar-refractivity contribution in [2.45, 2.75) is 18.2 Å². The van der Waals surface area contributed by atoms with Crippen LogP contribution in [0.15, 0.2) is 64.9 Å². The Labute approximate surface area is 161 Å². The van der Waals surface area contributed by atoms with E-state index in [1.165, 1.54) is 11.8 Å². The molecule has 27 heavy (non-hydrogen) atoms. The number of carbonyl (C=O) groups excluding carboxylic acids is 1. The first-order valence-corrected chi connectivity index (χ1v) is 9.30. The number of nitrogens with one attached hydrogen (secondary N) is 1. The summed E-state index contributed by atoms with van der Waals surface area (Å²) in [6, 6.07) is 11.2. The fourth-order valence-corrected chi connectivity index (χ4v) is 3.22. The van der Waals surface area contributed by atoms with E-state index in [4.69, 9.17) is 9.15 Å². The lowest BCUT2D eigenvalue weighted by Crippen LogP contribution is -2.24. The summed E-state index contributed by atoms with van der Waals surface area (Å²) in [4.78, 5) is 12.1. The van der Waals surface area contributed by atoms with Crippen LogP contribution in [-0.4, -0.2) is 33.5 Å². The molecule has 7 nitrogen and oxygen atoms in total. The summed E-state index contributed by atoms with van der Waals surface area (Å²) in [7, 11) is 1.62.